The lowest BCUT2D eigenvalue weighted by molar-refractivity contribution is -0.121. The number of hydrogen-bond acceptors (Lipinski definition) is 1. The fourth-order valence-corrected chi connectivity index (χ4v) is 1.48. The van der Waals surface area contributed by atoms with Gasteiger partial charge in [0.25, 0.3) is 5.91 Å². The van der Waals surface area contributed by atoms with Crippen LogP contribution in [0.4, 0.5) is 0 Å². The third-order valence-electron chi connectivity index (χ3n) is 1.42. The van der Waals surface area contributed by atoms with Crippen LogP contribution in [-0.2, 0) is 4.79 Å². The van der Waals surface area contributed by atoms with Crippen LogP contribution in [0.2, 0.25) is 0 Å². The molecular weight excluding hydrogens is 208 g/mol. The minimum Gasteiger partial charge on any atom is -0.326 e. The van der Waals surface area contributed by atoms with Crippen molar-refractivity contribution in [2.24, 2.45) is 0 Å². The van der Waals surface area contributed by atoms with Gasteiger partial charge in [-0.3, -0.25) is 4.79 Å². The molecule has 2 nitrogen and oxygen atoms in total. The van der Waals surface area contributed by atoms with E-state index < -0.39 is 10.2 Å². The normalized spacial score (nSPS) is 23.5. The third kappa shape index (κ3) is 1.81. The minimum absolute atomic E-state index is 0.176. The van der Waals surface area contributed by atoms with Gasteiger partial charge < -0.3 is 5.32 Å². The van der Waals surface area contributed by atoms with Gasteiger partial charge in [-0.25, -0.2) is 0 Å². The van der Waals surface area contributed by atoms with Crippen LogP contribution in [0.1, 0.15) is 13.3 Å². The van der Waals surface area contributed by atoms with Gasteiger partial charge in [0.15, 0.2) is 0 Å². The molecule has 1 rings (SSSR count). The quantitative estimate of drug-likeness (QED) is 0.615. The van der Waals surface area contributed by atoms with Crippen molar-refractivity contribution < 1.29 is 4.79 Å². The first-order valence-corrected chi connectivity index (χ1v) is 4.11. The van der Waals surface area contributed by atoms with Gasteiger partial charge in [0.05, 0.1) is 0 Å². The van der Waals surface area contributed by atoms with Gasteiger partial charge >= 0.3 is 0 Å². The molecule has 0 atom stereocenters. The maximum atomic E-state index is 11.0. The molecule has 0 saturated heterocycles. The Morgan fingerprint density at radius 3 is 2.55 bits per heavy atom. The fraction of sp³-hybridized carbons (Fsp3) is 0.500. The molecule has 0 fully saturated rings. The lowest BCUT2D eigenvalue weighted by Gasteiger charge is -2.24. The summed E-state index contributed by atoms with van der Waals surface area (Å²) in [5, 5.41) is 2.96. The van der Waals surface area contributed by atoms with Crippen LogP contribution >= 0.6 is 34.8 Å². The first kappa shape index (κ1) is 9.17. The number of allylic oxidation sites excluding steroid dienone is 2. The number of carbonyl (C=O) groups excluding carboxylic acids is 1. The Morgan fingerprint density at radius 1 is 1.55 bits per heavy atom. The summed E-state index contributed by atoms with van der Waals surface area (Å²) in [5.41, 5.74) is 0.619. The highest BCUT2D eigenvalue weighted by Gasteiger charge is 2.38. The summed E-state index contributed by atoms with van der Waals surface area (Å²) in [6, 6.07) is 0. The Morgan fingerprint density at radius 2 is 2.09 bits per heavy atom. The Bertz CT molecular complexity index is 234. The maximum absolute atomic E-state index is 11.0. The number of hydrogen-bond donors (Lipinski definition) is 1. The Balaban J connectivity index is 2.93. The van der Waals surface area contributed by atoms with Crippen LogP contribution < -0.4 is 5.32 Å². The Hall–Kier alpha value is 0.0800. The summed E-state index contributed by atoms with van der Waals surface area (Å²) in [6.07, 6.45) is 0.176. The van der Waals surface area contributed by atoms with E-state index in [2.05, 4.69) is 5.32 Å². The van der Waals surface area contributed by atoms with Crippen LogP contribution in [0, 0.1) is 0 Å². The molecule has 0 aliphatic carbocycles. The van der Waals surface area contributed by atoms with Crippen LogP contribution in [-0.4, -0.2) is 10.2 Å². The predicted molar refractivity (Wildman–Crippen MR) is 45.7 cm³/mol. The molecule has 0 bridgehead atoms. The van der Waals surface area contributed by atoms with Crippen LogP contribution in [0.5, 0.6) is 0 Å². The number of rotatable bonds is 0. The summed E-state index contributed by atoms with van der Waals surface area (Å²) < 4.78 is -1.41. The standard InChI is InChI=1S/C6H6Cl3NO/c1-3-4(7)2-6(8,9)5(11)10-3/h2H2,1H3,(H,10,11). The first-order valence-electron chi connectivity index (χ1n) is 2.98. The van der Waals surface area contributed by atoms with E-state index in [-0.39, 0.29) is 6.42 Å². The first-order chi connectivity index (χ1) is 4.93. The average Bonchev–Trinajstić information content (AvgIpc) is 1.83. The van der Waals surface area contributed by atoms with Gasteiger partial charge in [-0.2, -0.15) is 0 Å². The van der Waals surface area contributed by atoms with Gasteiger partial charge in [0.1, 0.15) is 0 Å². The number of halogens is 3. The lowest BCUT2D eigenvalue weighted by atomic mass is 10.2. The molecule has 1 heterocycles. The van der Waals surface area contributed by atoms with Crippen molar-refractivity contribution in [2.75, 3.05) is 0 Å². The molecule has 0 aromatic heterocycles. The molecular formula is C6H6Cl3NO. The second-order valence-corrected chi connectivity index (χ2v) is 4.31. The predicted octanol–water partition coefficient (Wildman–Crippen LogP) is 2.15. The number of alkyl halides is 2. The Labute approximate surface area is 79.5 Å². The van der Waals surface area contributed by atoms with E-state index in [0.29, 0.717) is 10.7 Å². The molecule has 1 N–H and O–H groups in total. The highest BCUT2D eigenvalue weighted by atomic mass is 35.5. The molecule has 1 aliphatic heterocycles. The maximum Gasteiger partial charge on any atom is 0.260 e. The topological polar surface area (TPSA) is 29.1 Å². The van der Waals surface area contributed by atoms with Crippen LogP contribution in [0.3, 0.4) is 0 Å². The summed E-state index contributed by atoms with van der Waals surface area (Å²) in [6.45, 7) is 1.70. The zero-order valence-electron chi connectivity index (χ0n) is 5.75. The van der Waals surface area contributed by atoms with Crippen molar-refractivity contribution >= 4 is 40.7 Å². The van der Waals surface area contributed by atoms with E-state index in [1.54, 1.807) is 6.92 Å². The highest BCUT2D eigenvalue weighted by Crippen LogP contribution is 2.35. The minimum atomic E-state index is -1.41. The van der Waals surface area contributed by atoms with E-state index in [4.69, 9.17) is 34.8 Å². The van der Waals surface area contributed by atoms with E-state index >= 15 is 0 Å². The SMILES string of the molecule is CC1=C(Cl)CC(Cl)(Cl)C(=O)N1. The monoisotopic (exact) mass is 213 g/mol. The third-order valence-corrected chi connectivity index (χ3v) is 2.45. The lowest BCUT2D eigenvalue weighted by Crippen LogP contribution is -2.41. The van der Waals surface area contributed by atoms with Crippen molar-refractivity contribution in [3.63, 3.8) is 0 Å². The number of amides is 1. The fourth-order valence-electron chi connectivity index (χ4n) is 0.737. The zero-order valence-corrected chi connectivity index (χ0v) is 8.02. The summed E-state index contributed by atoms with van der Waals surface area (Å²) in [4.78, 5) is 11.0. The van der Waals surface area contributed by atoms with Gasteiger partial charge in [0.2, 0.25) is 4.33 Å². The van der Waals surface area contributed by atoms with E-state index in [1.165, 1.54) is 0 Å². The molecule has 1 aliphatic rings. The second-order valence-electron chi connectivity index (χ2n) is 2.37. The molecule has 0 aromatic rings. The summed E-state index contributed by atoms with van der Waals surface area (Å²) in [5.74, 6) is -0.414. The van der Waals surface area contributed by atoms with Crippen molar-refractivity contribution in [1.29, 1.82) is 0 Å². The van der Waals surface area contributed by atoms with Crippen molar-refractivity contribution in [2.45, 2.75) is 17.7 Å². The average molecular weight is 214 g/mol. The summed E-state index contributed by atoms with van der Waals surface area (Å²) >= 11 is 16.9. The molecule has 0 saturated carbocycles. The van der Waals surface area contributed by atoms with Crippen molar-refractivity contribution in [3.8, 4) is 0 Å². The van der Waals surface area contributed by atoms with Crippen molar-refractivity contribution in [1.82, 2.24) is 5.32 Å². The van der Waals surface area contributed by atoms with Crippen LogP contribution in [0.15, 0.2) is 10.7 Å². The number of nitrogens with one attached hydrogen (secondary N) is 1. The largest absolute Gasteiger partial charge is 0.326 e. The van der Waals surface area contributed by atoms with Gasteiger partial charge in [-0.1, -0.05) is 34.8 Å². The molecule has 5 heteroatoms. The van der Waals surface area contributed by atoms with E-state index in [9.17, 15) is 4.79 Å². The summed E-state index contributed by atoms with van der Waals surface area (Å²) in [7, 11) is 0. The Kier molecular flexibility index (Phi) is 2.37. The van der Waals surface area contributed by atoms with Gasteiger partial charge in [-0.15, -0.1) is 0 Å². The van der Waals surface area contributed by atoms with E-state index in [1.807, 2.05) is 0 Å². The van der Waals surface area contributed by atoms with Gasteiger partial charge in [-0.05, 0) is 6.92 Å². The number of carbonyl (C=O) groups is 1. The molecule has 0 spiro atoms. The molecule has 11 heavy (non-hydrogen) atoms. The zero-order chi connectivity index (χ0) is 8.65. The molecule has 62 valence electrons. The van der Waals surface area contributed by atoms with Crippen LogP contribution in [0.25, 0.3) is 0 Å². The smallest absolute Gasteiger partial charge is 0.260 e. The molecule has 1 amide bonds. The van der Waals surface area contributed by atoms with Gasteiger partial charge in [0, 0.05) is 17.2 Å². The van der Waals surface area contributed by atoms with E-state index in [0.717, 1.165) is 0 Å². The molecule has 0 aromatic carbocycles. The molecule has 0 radical (unpaired) electrons. The second kappa shape index (κ2) is 2.85. The van der Waals surface area contributed by atoms with Crippen molar-refractivity contribution in [3.05, 3.63) is 10.7 Å². The molecule has 0 unspecified atom stereocenters. The highest BCUT2D eigenvalue weighted by molar-refractivity contribution is 6.59.